The number of carbonyl (C=O) groups is 1. The minimum atomic E-state index is -0.208. The number of anilines is 2. The minimum Gasteiger partial charge on any atom is -0.474 e. The number of amides is 1. The van der Waals surface area contributed by atoms with Gasteiger partial charge in [-0.2, -0.15) is 0 Å². The number of ether oxygens (including phenoxy) is 1. The van der Waals surface area contributed by atoms with E-state index in [1.807, 2.05) is 30.3 Å². The predicted octanol–water partition coefficient (Wildman–Crippen LogP) is 5.59. The first-order valence-corrected chi connectivity index (χ1v) is 12.2. The number of aromatic nitrogens is 1. The highest BCUT2D eigenvalue weighted by Gasteiger charge is 2.30. The number of rotatable bonds is 6. The van der Waals surface area contributed by atoms with Crippen molar-refractivity contribution >= 4 is 29.9 Å². The van der Waals surface area contributed by atoms with E-state index in [1.165, 1.54) is 42.5 Å². The molecule has 1 aliphatic heterocycles. The van der Waals surface area contributed by atoms with Crippen LogP contribution < -0.4 is 15.0 Å². The Morgan fingerprint density at radius 2 is 1.70 bits per heavy atom. The first-order valence-electron chi connectivity index (χ1n) is 11.8. The molecule has 0 radical (unpaired) electrons. The molecule has 5 nitrogen and oxygen atoms in total. The lowest BCUT2D eigenvalue weighted by Crippen LogP contribution is -2.30. The number of hydrogen-bond donors (Lipinski definition) is 2. The van der Waals surface area contributed by atoms with Gasteiger partial charge in [0.25, 0.3) is 5.91 Å². The number of nitrogens with one attached hydrogen (secondary N) is 1. The number of hydrogen-bond acceptors (Lipinski definition) is 5. The van der Waals surface area contributed by atoms with Crippen LogP contribution in [-0.2, 0) is 6.54 Å². The van der Waals surface area contributed by atoms with Gasteiger partial charge in [-0.05, 0) is 90.6 Å². The maximum atomic E-state index is 12.7. The van der Waals surface area contributed by atoms with Crippen molar-refractivity contribution in [1.29, 1.82) is 0 Å². The third-order valence-electron chi connectivity index (χ3n) is 6.68. The predicted molar refractivity (Wildman–Crippen MR) is 132 cm³/mol. The highest BCUT2D eigenvalue weighted by Crippen LogP contribution is 2.47. The Labute approximate surface area is 199 Å². The average Bonchev–Trinajstić information content (AvgIpc) is 3.75. The molecular formula is C27H27N3O2S. The number of carbonyl (C=O) groups excluding carboxylic acids is 1. The fraction of sp³-hybridized carbons (Fsp3) is 0.333. The Hall–Kier alpha value is -2.99. The highest BCUT2D eigenvalue weighted by atomic mass is 32.1. The quantitative estimate of drug-likeness (QED) is 0.474. The number of pyridine rings is 1. The Morgan fingerprint density at radius 1 is 1.00 bits per heavy atom. The summed E-state index contributed by atoms with van der Waals surface area (Å²) in [6.07, 6.45) is 5.19. The summed E-state index contributed by atoms with van der Waals surface area (Å²) in [5.41, 5.74) is 6.47. The molecule has 1 N–H and O–H groups in total. The van der Waals surface area contributed by atoms with Gasteiger partial charge >= 0.3 is 0 Å². The lowest BCUT2D eigenvalue weighted by Gasteiger charge is -2.31. The number of nitrogens with zero attached hydrogens (tertiary/aromatic N) is 2. The first kappa shape index (κ1) is 20.6. The van der Waals surface area contributed by atoms with Gasteiger partial charge in [0.2, 0.25) is 5.88 Å². The molecule has 2 saturated carbocycles. The van der Waals surface area contributed by atoms with Crippen molar-refractivity contribution in [3.63, 3.8) is 0 Å². The zero-order chi connectivity index (χ0) is 22.4. The van der Waals surface area contributed by atoms with Crippen molar-refractivity contribution in [3.05, 3.63) is 77.0 Å². The SMILES string of the molecule is O=C(NCc1ccc(S)cc1)c1ccc2c(n1)OCCN2c1cc(C2CC2)cc(C2CC2)c1. The highest BCUT2D eigenvalue weighted by molar-refractivity contribution is 7.80. The van der Waals surface area contributed by atoms with E-state index in [0.29, 0.717) is 24.7 Å². The molecule has 2 aliphatic carbocycles. The molecule has 2 aromatic carbocycles. The normalized spacial score (nSPS) is 17.3. The van der Waals surface area contributed by atoms with E-state index in [4.69, 9.17) is 4.74 Å². The maximum absolute atomic E-state index is 12.7. The van der Waals surface area contributed by atoms with Gasteiger partial charge in [0, 0.05) is 17.1 Å². The zero-order valence-electron chi connectivity index (χ0n) is 18.5. The van der Waals surface area contributed by atoms with Gasteiger partial charge in [0.05, 0.1) is 6.54 Å². The summed E-state index contributed by atoms with van der Waals surface area (Å²) in [5, 5.41) is 2.94. The molecule has 6 rings (SSSR count). The summed E-state index contributed by atoms with van der Waals surface area (Å²) < 4.78 is 5.88. The molecule has 0 atom stereocenters. The molecule has 0 bridgehead atoms. The number of fused-ring (bicyclic) bond motifs is 1. The second-order valence-electron chi connectivity index (χ2n) is 9.28. The van der Waals surface area contributed by atoms with Crippen LogP contribution in [0, 0.1) is 0 Å². The summed E-state index contributed by atoms with van der Waals surface area (Å²) in [5.74, 6) is 1.76. The topological polar surface area (TPSA) is 54.5 Å². The molecule has 0 unspecified atom stereocenters. The van der Waals surface area contributed by atoms with E-state index < -0.39 is 0 Å². The molecule has 6 heteroatoms. The summed E-state index contributed by atoms with van der Waals surface area (Å²) >= 11 is 4.30. The molecule has 3 aromatic rings. The van der Waals surface area contributed by atoms with E-state index in [2.05, 4.69) is 46.0 Å². The summed E-state index contributed by atoms with van der Waals surface area (Å²) in [4.78, 5) is 20.5. The number of thiol groups is 1. The van der Waals surface area contributed by atoms with Gasteiger partial charge in [-0.15, -0.1) is 12.6 Å². The maximum Gasteiger partial charge on any atom is 0.270 e. The van der Waals surface area contributed by atoms with Gasteiger partial charge in [0.15, 0.2) is 0 Å². The van der Waals surface area contributed by atoms with E-state index in [0.717, 1.165) is 34.5 Å². The van der Waals surface area contributed by atoms with Crippen LogP contribution in [0.5, 0.6) is 5.88 Å². The van der Waals surface area contributed by atoms with Crippen molar-refractivity contribution in [2.45, 2.75) is 49.0 Å². The average molecular weight is 458 g/mol. The van der Waals surface area contributed by atoms with Crippen molar-refractivity contribution < 1.29 is 9.53 Å². The number of benzene rings is 2. The van der Waals surface area contributed by atoms with E-state index in [-0.39, 0.29) is 5.91 Å². The second-order valence-corrected chi connectivity index (χ2v) is 9.79. The van der Waals surface area contributed by atoms with Crippen LogP contribution in [0.15, 0.2) is 59.5 Å². The summed E-state index contributed by atoms with van der Waals surface area (Å²) in [7, 11) is 0. The Balaban J connectivity index is 1.23. The van der Waals surface area contributed by atoms with Crippen LogP contribution in [-0.4, -0.2) is 24.0 Å². The second kappa shape index (κ2) is 8.41. The molecule has 0 saturated heterocycles. The van der Waals surface area contributed by atoms with Gasteiger partial charge in [0.1, 0.15) is 18.0 Å². The molecule has 168 valence electrons. The molecule has 0 spiro atoms. The van der Waals surface area contributed by atoms with Crippen LogP contribution in [0.3, 0.4) is 0 Å². The van der Waals surface area contributed by atoms with Crippen LogP contribution in [0.2, 0.25) is 0 Å². The Morgan fingerprint density at radius 3 is 2.36 bits per heavy atom. The lowest BCUT2D eigenvalue weighted by molar-refractivity contribution is 0.0944. The van der Waals surface area contributed by atoms with Gasteiger partial charge < -0.3 is 15.0 Å². The molecule has 1 aromatic heterocycles. The van der Waals surface area contributed by atoms with E-state index in [9.17, 15) is 4.79 Å². The van der Waals surface area contributed by atoms with E-state index >= 15 is 0 Å². The van der Waals surface area contributed by atoms with Gasteiger partial charge in [-0.1, -0.05) is 18.2 Å². The van der Waals surface area contributed by atoms with Crippen molar-refractivity contribution in [2.75, 3.05) is 18.1 Å². The van der Waals surface area contributed by atoms with Crippen molar-refractivity contribution in [1.82, 2.24) is 10.3 Å². The smallest absolute Gasteiger partial charge is 0.270 e. The van der Waals surface area contributed by atoms with Gasteiger partial charge in [-0.3, -0.25) is 4.79 Å². The monoisotopic (exact) mass is 457 g/mol. The molecule has 1 amide bonds. The molecule has 33 heavy (non-hydrogen) atoms. The summed E-state index contributed by atoms with van der Waals surface area (Å²) in [6, 6.07) is 18.6. The van der Waals surface area contributed by atoms with Crippen molar-refractivity contribution in [3.8, 4) is 5.88 Å². The summed E-state index contributed by atoms with van der Waals surface area (Å²) in [6.45, 7) is 1.77. The Kier molecular flexibility index (Phi) is 5.25. The van der Waals surface area contributed by atoms with Crippen LogP contribution in [0.4, 0.5) is 11.4 Å². The third kappa shape index (κ3) is 4.44. The van der Waals surface area contributed by atoms with E-state index in [1.54, 1.807) is 6.07 Å². The molecule has 3 aliphatic rings. The lowest BCUT2D eigenvalue weighted by atomic mass is 10.0. The Bertz CT molecular complexity index is 1170. The first-order chi connectivity index (χ1) is 16.1. The fourth-order valence-corrected chi connectivity index (χ4v) is 4.65. The van der Waals surface area contributed by atoms with Crippen LogP contribution in [0.1, 0.15) is 64.7 Å². The molecular weight excluding hydrogens is 430 g/mol. The molecule has 2 fully saturated rings. The fourth-order valence-electron chi connectivity index (χ4n) is 4.50. The zero-order valence-corrected chi connectivity index (χ0v) is 19.4. The van der Waals surface area contributed by atoms with Crippen molar-refractivity contribution in [2.24, 2.45) is 0 Å². The minimum absolute atomic E-state index is 0.208. The standard InChI is InChI=1S/C27H27N3O2S/c31-26(28-16-17-1-7-23(33)8-2-17)24-9-10-25-27(29-24)32-12-11-30(25)22-14-20(18-3-4-18)13-21(15-22)19-5-6-19/h1-2,7-10,13-15,18-19,33H,3-6,11-12,16H2,(H,28,31). The largest absolute Gasteiger partial charge is 0.474 e. The van der Waals surface area contributed by atoms with Gasteiger partial charge in [-0.25, -0.2) is 4.98 Å². The molecule has 2 heterocycles. The third-order valence-corrected chi connectivity index (χ3v) is 6.98. The van der Waals surface area contributed by atoms with Crippen LogP contribution in [0.25, 0.3) is 0 Å². The van der Waals surface area contributed by atoms with Crippen LogP contribution >= 0.6 is 12.6 Å².